The smallest absolute Gasteiger partial charge is 0.207 e. The van der Waals surface area contributed by atoms with Crippen LogP contribution in [-0.4, -0.2) is 18.2 Å². The molecule has 0 spiro atoms. The van der Waals surface area contributed by atoms with E-state index in [1.54, 1.807) is 0 Å². The minimum absolute atomic E-state index is 0.745. The van der Waals surface area contributed by atoms with Crippen molar-refractivity contribution in [3.8, 4) is 0 Å². The number of aromatic amines is 1. The fraction of sp³-hybridized carbons (Fsp3) is 0.429. The minimum atomic E-state index is -0.962. The van der Waals surface area contributed by atoms with Crippen molar-refractivity contribution in [3.05, 3.63) is 30.5 Å². The molecule has 0 fully saturated rings. The molecule has 0 bridgehead atoms. The van der Waals surface area contributed by atoms with Gasteiger partial charge in [0.1, 0.15) is 0 Å². The molecule has 0 saturated heterocycles. The van der Waals surface area contributed by atoms with E-state index in [-0.39, 0.29) is 0 Å². The first kappa shape index (κ1) is 13.5. The number of para-hydroxylation sites is 1. The van der Waals surface area contributed by atoms with E-state index in [1.807, 2.05) is 18.3 Å². The van der Waals surface area contributed by atoms with Crippen LogP contribution in [0, 0.1) is 0 Å². The first-order valence-electron chi connectivity index (χ1n) is 6.49. The second-order valence-corrected chi connectivity index (χ2v) is 5.66. The summed E-state index contributed by atoms with van der Waals surface area (Å²) in [6, 6.07) is 8.27. The molecular formula is C14H20NO2P. The second-order valence-electron chi connectivity index (χ2n) is 4.14. The Morgan fingerprint density at radius 1 is 1.06 bits per heavy atom. The number of hydrogen-bond acceptors (Lipinski definition) is 2. The van der Waals surface area contributed by atoms with Crippen LogP contribution in [-0.2, 0) is 9.05 Å². The van der Waals surface area contributed by atoms with Crippen LogP contribution in [0.3, 0.4) is 0 Å². The molecule has 0 aliphatic rings. The number of aromatic nitrogens is 1. The zero-order valence-corrected chi connectivity index (χ0v) is 11.9. The summed E-state index contributed by atoms with van der Waals surface area (Å²) in [6.45, 7) is 5.72. The lowest BCUT2D eigenvalue weighted by atomic mass is 10.2. The van der Waals surface area contributed by atoms with Gasteiger partial charge in [0.25, 0.3) is 0 Å². The average molecular weight is 265 g/mol. The fourth-order valence-electron chi connectivity index (χ4n) is 1.73. The van der Waals surface area contributed by atoms with Crippen LogP contribution in [0.4, 0.5) is 0 Å². The van der Waals surface area contributed by atoms with Crippen LogP contribution < -0.4 is 5.30 Å². The van der Waals surface area contributed by atoms with E-state index in [0.29, 0.717) is 0 Å². The normalized spacial score (nSPS) is 11.5. The number of fused-ring (bicyclic) bond motifs is 1. The van der Waals surface area contributed by atoms with Crippen molar-refractivity contribution in [2.45, 2.75) is 26.7 Å². The van der Waals surface area contributed by atoms with Gasteiger partial charge in [0.15, 0.2) is 0 Å². The zero-order valence-electron chi connectivity index (χ0n) is 11.0. The summed E-state index contributed by atoms with van der Waals surface area (Å²) in [5.74, 6) is 0. The van der Waals surface area contributed by atoms with E-state index in [4.69, 9.17) is 9.05 Å². The molecule has 98 valence electrons. The second kappa shape index (κ2) is 6.89. The first-order chi connectivity index (χ1) is 8.86. The van der Waals surface area contributed by atoms with E-state index >= 15 is 0 Å². The van der Waals surface area contributed by atoms with Gasteiger partial charge in [0, 0.05) is 17.1 Å². The largest absolute Gasteiger partial charge is 0.360 e. The van der Waals surface area contributed by atoms with E-state index in [9.17, 15) is 0 Å². The summed E-state index contributed by atoms with van der Waals surface area (Å²) in [5.41, 5.74) is 1.14. The Morgan fingerprint density at radius 2 is 1.72 bits per heavy atom. The van der Waals surface area contributed by atoms with Crippen molar-refractivity contribution in [2.24, 2.45) is 0 Å². The van der Waals surface area contributed by atoms with Crippen molar-refractivity contribution < 1.29 is 9.05 Å². The Balaban J connectivity index is 2.22. The Morgan fingerprint density at radius 3 is 2.39 bits per heavy atom. The van der Waals surface area contributed by atoms with Crippen molar-refractivity contribution in [2.75, 3.05) is 13.2 Å². The third-order valence-electron chi connectivity index (χ3n) is 2.59. The predicted molar refractivity (Wildman–Crippen MR) is 77.3 cm³/mol. The number of nitrogens with one attached hydrogen (secondary N) is 1. The Hall–Kier alpha value is -0.890. The van der Waals surface area contributed by atoms with Crippen LogP contribution in [0.1, 0.15) is 26.7 Å². The lowest BCUT2D eigenvalue weighted by molar-refractivity contribution is 0.257. The SMILES string of the molecule is CCCOP(OCCC)c1c[nH]c2ccccc12. The van der Waals surface area contributed by atoms with E-state index in [2.05, 4.69) is 31.0 Å². The Kier molecular flexibility index (Phi) is 5.18. The molecule has 0 aliphatic carbocycles. The Bertz CT molecular complexity index is 475. The van der Waals surface area contributed by atoms with Crippen molar-refractivity contribution in [1.29, 1.82) is 0 Å². The molecule has 0 unspecified atom stereocenters. The number of rotatable bonds is 7. The van der Waals surface area contributed by atoms with Gasteiger partial charge in [-0.2, -0.15) is 0 Å². The zero-order chi connectivity index (χ0) is 12.8. The van der Waals surface area contributed by atoms with Crippen LogP contribution >= 0.6 is 8.38 Å². The van der Waals surface area contributed by atoms with Crippen LogP contribution in [0.15, 0.2) is 30.5 Å². The summed E-state index contributed by atoms with van der Waals surface area (Å²) < 4.78 is 11.7. The van der Waals surface area contributed by atoms with Gasteiger partial charge in [-0.25, -0.2) is 0 Å². The minimum Gasteiger partial charge on any atom is -0.360 e. The Labute approximate surface area is 109 Å². The molecule has 1 aromatic carbocycles. The highest BCUT2D eigenvalue weighted by Crippen LogP contribution is 2.39. The number of hydrogen-bond donors (Lipinski definition) is 1. The maximum Gasteiger partial charge on any atom is 0.207 e. The molecule has 0 amide bonds. The van der Waals surface area contributed by atoms with Crippen molar-refractivity contribution in [3.63, 3.8) is 0 Å². The third-order valence-corrected chi connectivity index (χ3v) is 4.19. The van der Waals surface area contributed by atoms with Crippen LogP contribution in [0.25, 0.3) is 10.9 Å². The van der Waals surface area contributed by atoms with Crippen LogP contribution in [0.5, 0.6) is 0 Å². The third kappa shape index (κ3) is 3.11. The monoisotopic (exact) mass is 265 g/mol. The fourth-order valence-corrected chi connectivity index (χ4v) is 3.34. The van der Waals surface area contributed by atoms with Gasteiger partial charge in [0.2, 0.25) is 8.38 Å². The summed E-state index contributed by atoms with van der Waals surface area (Å²) in [5, 5.41) is 2.36. The molecule has 0 saturated carbocycles. The molecule has 0 atom stereocenters. The average Bonchev–Trinajstić information content (AvgIpc) is 2.83. The highest BCUT2D eigenvalue weighted by Gasteiger charge is 2.17. The summed E-state index contributed by atoms with van der Waals surface area (Å²) in [4.78, 5) is 3.28. The quantitative estimate of drug-likeness (QED) is 0.769. The molecule has 3 nitrogen and oxygen atoms in total. The highest BCUT2D eigenvalue weighted by molar-refractivity contribution is 7.56. The van der Waals surface area contributed by atoms with Gasteiger partial charge >= 0.3 is 0 Å². The van der Waals surface area contributed by atoms with Gasteiger partial charge in [-0.3, -0.25) is 0 Å². The highest BCUT2D eigenvalue weighted by atomic mass is 31.2. The van der Waals surface area contributed by atoms with E-state index in [1.165, 1.54) is 5.39 Å². The van der Waals surface area contributed by atoms with E-state index < -0.39 is 8.38 Å². The molecule has 18 heavy (non-hydrogen) atoms. The van der Waals surface area contributed by atoms with Gasteiger partial charge in [0.05, 0.1) is 18.5 Å². The molecule has 0 radical (unpaired) electrons. The lowest BCUT2D eigenvalue weighted by Crippen LogP contribution is -2.06. The molecule has 4 heteroatoms. The maximum atomic E-state index is 5.87. The maximum absolute atomic E-state index is 5.87. The van der Waals surface area contributed by atoms with E-state index in [0.717, 1.165) is 36.9 Å². The standard InChI is InChI=1S/C14H20NO2P/c1-3-9-16-18(17-10-4-2)14-11-15-13-8-6-5-7-12(13)14/h5-8,11,15H,3-4,9-10H2,1-2H3. The molecule has 2 aromatic rings. The first-order valence-corrected chi connectivity index (χ1v) is 7.66. The summed E-state index contributed by atoms with van der Waals surface area (Å²) in [6.07, 6.45) is 4.04. The molecule has 1 heterocycles. The molecular weight excluding hydrogens is 245 g/mol. The van der Waals surface area contributed by atoms with Gasteiger partial charge in [-0.05, 0) is 18.9 Å². The van der Waals surface area contributed by atoms with Gasteiger partial charge in [-0.15, -0.1) is 0 Å². The molecule has 2 rings (SSSR count). The topological polar surface area (TPSA) is 34.2 Å². The molecule has 1 N–H and O–H groups in total. The van der Waals surface area contributed by atoms with Crippen molar-refractivity contribution >= 4 is 24.6 Å². The van der Waals surface area contributed by atoms with Gasteiger partial charge < -0.3 is 14.0 Å². The van der Waals surface area contributed by atoms with Gasteiger partial charge in [-0.1, -0.05) is 32.0 Å². The van der Waals surface area contributed by atoms with Crippen LogP contribution in [0.2, 0.25) is 0 Å². The van der Waals surface area contributed by atoms with Crippen molar-refractivity contribution in [1.82, 2.24) is 4.98 Å². The summed E-state index contributed by atoms with van der Waals surface area (Å²) >= 11 is 0. The lowest BCUT2D eigenvalue weighted by Gasteiger charge is -2.16. The summed E-state index contributed by atoms with van der Waals surface area (Å²) in [7, 11) is -0.962. The predicted octanol–water partition coefficient (Wildman–Crippen LogP) is 3.96. The number of benzene rings is 1. The number of H-pyrrole nitrogens is 1. The molecule has 1 aromatic heterocycles. The molecule has 0 aliphatic heterocycles.